The number of carboxylic acids is 1. The third-order valence-corrected chi connectivity index (χ3v) is 4.50. The number of aromatic nitrogens is 2. The van der Waals surface area contributed by atoms with Crippen LogP contribution in [-0.2, 0) is 0 Å². The maximum Gasteiger partial charge on any atom is 0.335 e. The Morgan fingerprint density at radius 3 is 2.17 bits per heavy atom. The van der Waals surface area contributed by atoms with Gasteiger partial charge in [-0.1, -0.05) is 18.2 Å². The fraction of sp³-hybridized carbons (Fsp3) is 0. The molecule has 7 heteroatoms. The van der Waals surface area contributed by atoms with E-state index >= 15 is 0 Å². The van der Waals surface area contributed by atoms with Gasteiger partial charge in [0.05, 0.1) is 11.1 Å². The number of nitrogens with zero attached hydrogens (tertiary/aromatic N) is 1. The van der Waals surface area contributed by atoms with Gasteiger partial charge in [-0.25, -0.2) is 4.79 Å². The third kappa shape index (κ3) is 3.49. The van der Waals surface area contributed by atoms with Gasteiger partial charge in [0.1, 0.15) is 5.82 Å². The van der Waals surface area contributed by atoms with Crippen molar-refractivity contribution in [2.24, 2.45) is 0 Å². The van der Waals surface area contributed by atoms with E-state index in [9.17, 15) is 14.4 Å². The summed E-state index contributed by atoms with van der Waals surface area (Å²) in [4.78, 5) is 43.5. The third-order valence-electron chi connectivity index (χ3n) is 4.50. The lowest BCUT2D eigenvalue weighted by Gasteiger charge is -2.14. The highest BCUT2D eigenvalue weighted by Crippen LogP contribution is 2.27. The Morgan fingerprint density at radius 1 is 0.862 bits per heavy atom. The first-order valence-corrected chi connectivity index (χ1v) is 8.75. The summed E-state index contributed by atoms with van der Waals surface area (Å²) in [7, 11) is 0. The number of carbonyl (C=O) groups is 2. The number of ketones is 1. The molecule has 0 radical (unpaired) electrons. The van der Waals surface area contributed by atoms with E-state index in [1.807, 2.05) is 0 Å². The molecule has 142 valence electrons. The lowest BCUT2D eigenvalue weighted by atomic mass is 9.98. The van der Waals surface area contributed by atoms with Crippen molar-refractivity contribution in [2.75, 3.05) is 5.32 Å². The van der Waals surface area contributed by atoms with Crippen molar-refractivity contribution in [3.8, 4) is 0 Å². The number of hydrogen-bond donors (Lipinski definition) is 3. The number of rotatable bonds is 5. The molecule has 0 bridgehead atoms. The Kier molecular flexibility index (Phi) is 4.62. The normalized spacial score (nSPS) is 10.6. The standard InChI is InChI=1S/C22H15N3O4/c26-19(13-9-11-23-12-10-13)18-16-3-1-2-4-17(16)21(27)25-20(18)24-15-7-5-14(6-8-15)22(28)29/h1-12H,(H,28,29)(H2,24,25,27). The monoisotopic (exact) mass is 385 g/mol. The number of carboxylic acid groups (broad SMARTS) is 1. The Hall–Kier alpha value is -4.26. The number of carbonyl (C=O) groups excluding carboxylic acids is 1. The lowest BCUT2D eigenvalue weighted by molar-refractivity contribution is 0.0696. The first-order valence-electron chi connectivity index (χ1n) is 8.75. The zero-order chi connectivity index (χ0) is 20.4. The van der Waals surface area contributed by atoms with Crippen LogP contribution >= 0.6 is 0 Å². The Labute approximate surface area is 164 Å². The minimum Gasteiger partial charge on any atom is -0.478 e. The fourth-order valence-corrected chi connectivity index (χ4v) is 3.09. The maximum absolute atomic E-state index is 13.3. The highest BCUT2D eigenvalue weighted by Gasteiger charge is 2.20. The van der Waals surface area contributed by atoms with Gasteiger partial charge in [0.2, 0.25) is 0 Å². The van der Waals surface area contributed by atoms with Crippen molar-refractivity contribution in [1.29, 1.82) is 0 Å². The molecule has 0 aliphatic rings. The molecule has 0 aliphatic heterocycles. The molecule has 0 unspecified atom stereocenters. The van der Waals surface area contributed by atoms with Crippen LogP contribution < -0.4 is 10.9 Å². The number of pyridine rings is 2. The molecule has 0 amide bonds. The van der Waals surface area contributed by atoms with Crippen molar-refractivity contribution in [3.05, 3.63) is 100 Å². The van der Waals surface area contributed by atoms with Gasteiger partial charge in [-0.15, -0.1) is 0 Å². The van der Waals surface area contributed by atoms with Crippen LogP contribution in [0.15, 0.2) is 77.9 Å². The van der Waals surface area contributed by atoms with Gasteiger partial charge in [0.25, 0.3) is 5.56 Å². The topological polar surface area (TPSA) is 112 Å². The number of aromatic carboxylic acids is 1. The molecule has 2 aromatic heterocycles. The predicted octanol–water partition coefficient (Wildman–Crippen LogP) is 3.60. The van der Waals surface area contributed by atoms with Crippen LogP contribution in [0.25, 0.3) is 10.8 Å². The number of hydrogen-bond acceptors (Lipinski definition) is 5. The highest BCUT2D eigenvalue weighted by atomic mass is 16.4. The van der Waals surface area contributed by atoms with Gasteiger partial charge in [-0.05, 0) is 42.5 Å². The van der Waals surface area contributed by atoms with Crippen molar-refractivity contribution >= 4 is 34.0 Å². The summed E-state index contributed by atoms with van der Waals surface area (Å²) in [5.41, 5.74) is 1.08. The highest BCUT2D eigenvalue weighted by molar-refractivity contribution is 6.19. The van der Waals surface area contributed by atoms with Crippen LogP contribution in [-0.4, -0.2) is 26.8 Å². The smallest absolute Gasteiger partial charge is 0.335 e. The van der Waals surface area contributed by atoms with Crippen molar-refractivity contribution in [2.45, 2.75) is 0 Å². The largest absolute Gasteiger partial charge is 0.478 e. The summed E-state index contributed by atoms with van der Waals surface area (Å²) in [6, 6.07) is 16.1. The van der Waals surface area contributed by atoms with E-state index in [4.69, 9.17) is 5.11 Å². The summed E-state index contributed by atoms with van der Waals surface area (Å²) in [6.45, 7) is 0. The quantitative estimate of drug-likeness (QED) is 0.453. The second-order valence-corrected chi connectivity index (χ2v) is 6.32. The van der Waals surface area contributed by atoms with Gasteiger partial charge in [0, 0.05) is 34.4 Å². The zero-order valence-electron chi connectivity index (χ0n) is 15.0. The van der Waals surface area contributed by atoms with Crippen molar-refractivity contribution in [1.82, 2.24) is 9.97 Å². The first-order chi connectivity index (χ1) is 14.0. The number of aromatic amines is 1. The Balaban J connectivity index is 1.88. The Morgan fingerprint density at radius 2 is 1.52 bits per heavy atom. The molecular weight excluding hydrogens is 370 g/mol. The molecule has 2 heterocycles. The van der Waals surface area contributed by atoms with Gasteiger partial charge >= 0.3 is 5.97 Å². The van der Waals surface area contributed by atoms with E-state index < -0.39 is 5.97 Å². The summed E-state index contributed by atoms with van der Waals surface area (Å²) in [5.74, 6) is -1.08. The average molecular weight is 385 g/mol. The molecule has 0 atom stereocenters. The molecule has 0 fully saturated rings. The van der Waals surface area contributed by atoms with E-state index in [1.54, 1.807) is 48.5 Å². The molecule has 2 aromatic carbocycles. The molecule has 0 spiro atoms. The van der Waals surface area contributed by atoms with Crippen LogP contribution in [0.4, 0.5) is 11.5 Å². The minimum absolute atomic E-state index is 0.135. The molecule has 3 N–H and O–H groups in total. The average Bonchev–Trinajstić information content (AvgIpc) is 2.75. The number of H-pyrrole nitrogens is 1. The maximum atomic E-state index is 13.3. The van der Waals surface area contributed by atoms with E-state index in [0.717, 1.165) is 0 Å². The predicted molar refractivity (Wildman–Crippen MR) is 109 cm³/mol. The van der Waals surface area contributed by atoms with Crippen LogP contribution in [0.1, 0.15) is 26.3 Å². The number of nitrogens with one attached hydrogen (secondary N) is 2. The molecule has 0 saturated carbocycles. The van der Waals surface area contributed by atoms with Crippen LogP contribution in [0.3, 0.4) is 0 Å². The molecule has 0 saturated heterocycles. The summed E-state index contributed by atoms with van der Waals surface area (Å²) in [5, 5.41) is 13.0. The SMILES string of the molecule is O=C(O)c1ccc(Nc2[nH]c(=O)c3ccccc3c2C(=O)c2ccncc2)cc1. The summed E-state index contributed by atoms with van der Waals surface area (Å²) in [6.07, 6.45) is 3.05. The van der Waals surface area contributed by atoms with E-state index in [-0.39, 0.29) is 22.7 Å². The van der Waals surface area contributed by atoms with Crippen LogP contribution in [0.5, 0.6) is 0 Å². The van der Waals surface area contributed by atoms with E-state index in [1.165, 1.54) is 24.5 Å². The molecule has 0 aliphatic carbocycles. The molecule has 4 rings (SSSR count). The van der Waals surface area contributed by atoms with E-state index in [2.05, 4.69) is 15.3 Å². The fourth-order valence-electron chi connectivity index (χ4n) is 3.09. The van der Waals surface area contributed by atoms with Gasteiger partial charge in [-0.2, -0.15) is 0 Å². The minimum atomic E-state index is -1.04. The molecule has 4 aromatic rings. The molecule has 7 nitrogen and oxygen atoms in total. The lowest BCUT2D eigenvalue weighted by Crippen LogP contribution is -2.16. The first kappa shape index (κ1) is 18.1. The van der Waals surface area contributed by atoms with Gasteiger partial charge in [0.15, 0.2) is 5.78 Å². The second kappa shape index (κ2) is 7.40. The van der Waals surface area contributed by atoms with Crippen molar-refractivity contribution < 1.29 is 14.7 Å². The number of benzene rings is 2. The summed E-state index contributed by atoms with van der Waals surface area (Å²) < 4.78 is 0. The molecule has 29 heavy (non-hydrogen) atoms. The number of fused-ring (bicyclic) bond motifs is 1. The summed E-state index contributed by atoms with van der Waals surface area (Å²) >= 11 is 0. The Bertz CT molecular complexity index is 1280. The molecular formula is C22H15N3O4. The van der Waals surface area contributed by atoms with E-state index in [0.29, 0.717) is 27.6 Å². The second-order valence-electron chi connectivity index (χ2n) is 6.32. The van der Waals surface area contributed by atoms with Crippen LogP contribution in [0, 0.1) is 0 Å². The van der Waals surface area contributed by atoms with Gasteiger partial charge < -0.3 is 15.4 Å². The van der Waals surface area contributed by atoms with Crippen LogP contribution in [0.2, 0.25) is 0 Å². The van der Waals surface area contributed by atoms with Crippen molar-refractivity contribution in [3.63, 3.8) is 0 Å². The number of anilines is 2. The van der Waals surface area contributed by atoms with Gasteiger partial charge in [-0.3, -0.25) is 14.6 Å². The zero-order valence-corrected chi connectivity index (χ0v) is 15.0.